The maximum atomic E-state index is 11.3. The molecular formula is C24H42O24S. The van der Waals surface area contributed by atoms with E-state index in [-0.39, 0.29) is 0 Å². The third-order valence-electron chi connectivity index (χ3n) is 8.37. The fourth-order valence-electron chi connectivity index (χ4n) is 5.68. The Balaban J connectivity index is 1.56. The minimum Gasteiger partial charge on any atom is -0.394 e. The van der Waals surface area contributed by atoms with E-state index < -0.39 is 160 Å². The van der Waals surface area contributed by atoms with Crippen molar-refractivity contribution in [1.29, 1.82) is 0 Å². The van der Waals surface area contributed by atoms with Gasteiger partial charge in [0.05, 0.1) is 26.4 Å². The van der Waals surface area contributed by atoms with E-state index in [0.717, 1.165) is 0 Å². The van der Waals surface area contributed by atoms with E-state index in [4.69, 9.17) is 37.7 Å². The first-order chi connectivity index (χ1) is 22.9. The largest absolute Gasteiger partial charge is 0.397 e. The lowest BCUT2D eigenvalue weighted by molar-refractivity contribution is -0.377. The molecule has 14 N–H and O–H groups in total. The Kier molecular flexibility index (Phi) is 14.0. The fourth-order valence-corrected chi connectivity index (χ4v) is 6.19. The first-order valence-electron chi connectivity index (χ1n) is 14.8. The van der Waals surface area contributed by atoms with Crippen molar-refractivity contribution in [3.63, 3.8) is 0 Å². The predicted molar refractivity (Wildman–Crippen MR) is 144 cm³/mol. The Morgan fingerprint density at radius 3 is 1.69 bits per heavy atom. The summed E-state index contributed by atoms with van der Waals surface area (Å²) < 4.78 is 73.5. The van der Waals surface area contributed by atoms with Gasteiger partial charge in [0.15, 0.2) is 25.2 Å². The molecule has 4 saturated heterocycles. The molecule has 0 aromatic heterocycles. The summed E-state index contributed by atoms with van der Waals surface area (Å²) in [5.41, 5.74) is 0. The van der Waals surface area contributed by atoms with Crippen LogP contribution < -0.4 is 0 Å². The second-order valence-corrected chi connectivity index (χ2v) is 12.7. The lowest BCUT2D eigenvalue weighted by Crippen LogP contribution is -2.65. The molecule has 4 aliphatic heterocycles. The lowest BCUT2D eigenvalue weighted by Gasteiger charge is -2.47. The highest BCUT2D eigenvalue weighted by molar-refractivity contribution is 7.80. The highest BCUT2D eigenvalue weighted by Gasteiger charge is 2.55. The summed E-state index contributed by atoms with van der Waals surface area (Å²) in [5, 5.41) is 133. The van der Waals surface area contributed by atoms with Gasteiger partial charge in [0.1, 0.15) is 97.7 Å². The van der Waals surface area contributed by atoms with Crippen LogP contribution in [0, 0.1) is 0 Å². The summed E-state index contributed by atoms with van der Waals surface area (Å²) in [6.45, 7) is -3.62. The zero-order valence-electron chi connectivity index (χ0n) is 25.1. The fraction of sp³-hybridized carbons (Fsp3) is 1.00. The third kappa shape index (κ3) is 9.00. The van der Waals surface area contributed by atoms with Crippen molar-refractivity contribution in [3.8, 4) is 0 Å². The summed E-state index contributed by atoms with van der Waals surface area (Å²) in [5.74, 6) is 0. The first-order valence-corrected chi connectivity index (χ1v) is 16.1. The minimum absolute atomic E-state index is 0.826. The van der Waals surface area contributed by atoms with Gasteiger partial charge in [0.2, 0.25) is 0 Å². The predicted octanol–water partition coefficient (Wildman–Crippen LogP) is -9.92. The topological polar surface area (TPSA) is 391 Å². The molecular weight excluding hydrogens is 704 g/mol. The van der Waals surface area contributed by atoms with Gasteiger partial charge in [-0.1, -0.05) is 0 Å². The summed E-state index contributed by atoms with van der Waals surface area (Å²) >= 11 is 0. The minimum atomic E-state index is -5.27. The monoisotopic (exact) mass is 746 g/mol. The molecule has 0 aromatic rings. The van der Waals surface area contributed by atoms with Crippen molar-refractivity contribution in [2.45, 2.75) is 123 Å². The molecule has 4 rings (SSSR count). The Labute approximate surface area is 276 Å². The van der Waals surface area contributed by atoms with E-state index in [0.29, 0.717) is 0 Å². The van der Waals surface area contributed by atoms with Gasteiger partial charge < -0.3 is 99.5 Å². The average molecular weight is 747 g/mol. The first kappa shape index (κ1) is 40.8. The van der Waals surface area contributed by atoms with Crippen molar-refractivity contribution in [2.24, 2.45) is 0 Å². The number of rotatable bonds is 13. The van der Waals surface area contributed by atoms with Crippen molar-refractivity contribution >= 4 is 10.4 Å². The van der Waals surface area contributed by atoms with Crippen LogP contribution in [0.2, 0.25) is 0 Å². The highest BCUT2D eigenvalue weighted by atomic mass is 32.3. The van der Waals surface area contributed by atoms with Gasteiger partial charge >= 0.3 is 10.4 Å². The van der Waals surface area contributed by atoms with Crippen LogP contribution in [0.5, 0.6) is 0 Å². The van der Waals surface area contributed by atoms with Gasteiger partial charge in [-0.05, 0) is 0 Å². The van der Waals surface area contributed by atoms with Crippen LogP contribution in [0.3, 0.4) is 0 Å². The molecule has 49 heavy (non-hydrogen) atoms. The number of aliphatic hydroxyl groups excluding tert-OH is 13. The van der Waals surface area contributed by atoms with Crippen LogP contribution in [0.1, 0.15) is 0 Å². The zero-order valence-corrected chi connectivity index (χ0v) is 25.9. The standard InChI is InChI=1S/C24H42O24S/c25-1-5(28)17-13(33)14(34)23(45-17)46-18-11(31)8(4-41-22-16(36)19(48-49(38,39)40)10(30)7(3-27)43-22)44-24(15(18)35)47-20-12(32)9(29)6(2-26)42-21(20)37/h5-37H,1-4H2,(H,38,39,40)/t5-,6-,7-,8-,9-,10+,11-,12+,13-,14-,15+,16-,17+,18+,19+,20-,21?,22-,23-,24-/m1/s1. The van der Waals surface area contributed by atoms with Gasteiger partial charge in [-0.2, -0.15) is 8.42 Å². The maximum absolute atomic E-state index is 11.3. The van der Waals surface area contributed by atoms with Crippen molar-refractivity contribution < 1.29 is 117 Å². The molecule has 4 heterocycles. The number of aliphatic hydroxyl groups is 13. The molecule has 0 amide bonds. The quantitative estimate of drug-likeness (QED) is 0.0778. The molecule has 0 spiro atoms. The maximum Gasteiger partial charge on any atom is 0.397 e. The molecule has 4 aliphatic rings. The Hall–Kier alpha value is -0.930. The Morgan fingerprint density at radius 2 is 1.10 bits per heavy atom. The molecule has 1 unspecified atom stereocenters. The Bertz CT molecular complexity index is 1150. The van der Waals surface area contributed by atoms with Crippen LogP contribution >= 0.6 is 0 Å². The van der Waals surface area contributed by atoms with Crippen LogP contribution in [0.4, 0.5) is 0 Å². The smallest absolute Gasteiger partial charge is 0.394 e. The highest BCUT2D eigenvalue weighted by Crippen LogP contribution is 2.34. The van der Waals surface area contributed by atoms with E-state index in [9.17, 15) is 74.8 Å². The summed E-state index contributed by atoms with van der Waals surface area (Å²) in [6.07, 6.45) is -38.1. The molecule has 288 valence electrons. The van der Waals surface area contributed by atoms with Gasteiger partial charge in [0.25, 0.3) is 0 Å². The summed E-state index contributed by atoms with van der Waals surface area (Å²) in [6, 6.07) is 0. The normalized spacial score (nSPS) is 48.8. The van der Waals surface area contributed by atoms with Crippen molar-refractivity contribution in [1.82, 2.24) is 0 Å². The van der Waals surface area contributed by atoms with E-state index in [1.54, 1.807) is 0 Å². The molecule has 24 nitrogen and oxygen atoms in total. The average Bonchev–Trinajstić information content (AvgIpc) is 3.33. The van der Waals surface area contributed by atoms with Crippen LogP contribution in [0.15, 0.2) is 0 Å². The molecule has 0 aromatic carbocycles. The van der Waals surface area contributed by atoms with Crippen LogP contribution in [-0.2, 0) is 47.7 Å². The van der Waals surface area contributed by atoms with Crippen molar-refractivity contribution in [2.75, 3.05) is 26.4 Å². The molecule has 4 fully saturated rings. The number of ether oxygens (including phenoxy) is 7. The van der Waals surface area contributed by atoms with Gasteiger partial charge in [-0.25, -0.2) is 4.18 Å². The number of hydrogen-bond acceptors (Lipinski definition) is 23. The molecule has 0 saturated carbocycles. The van der Waals surface area contributed by atoms with Crippen LogP contribution in [-0.4, -0.2) is 229 Å². The van der Waals surface area contributed by atoms with Gasteiger partial charge in [-0.15, -0.1) is 0 Å². The molecule has 0 aliphatic carbocycles. The second-order valence-electron chi connectivity index (χ2n) is 11.7. The van der Waals surface area contributed by atoms with E-state index in [1.807, 2.05) is 0 Å². The molecule has 20 atom stereocenters. The van der Waals surface area contributed by atoms with E-state index >= 15 is 0 Å². The molecule has 0 bridgehead atoms. The molecule has 25 heteroatoms. The Morgan fingerprint density at radius 1 is 0.571 bits per heavy atom. The molecule has 0 radical (unpaired) electrons. The second kappa shape index (κ2) is 16.8. The lowest BCUT2D eigenvalue weighted by atomic mass is 9.97. The third-order valence-corrected chi connectivity index (χ3v) is 8.83. The SMILES string of the molecule is O=S(=O)(O)O[C@H]1[C@@H](O)[C@@H](CO)O[C@@H](OC[C@H]2O[C@H](O[C@H]3C(O)O[C@H](CO)[C@@H](O)[C@@H]3O)[C@@H](O)[C@@H](O[C@H]3O[C@@H]([C@H](O)CO)[C@H](O)[C@H]3O)[C@@H]2O)[C@@H]1O. The van der Waals surface area contributed by atoms with Crippen LogP contribution in [0.25, 0.3) is 0 Å². The summed E-state index contributed by atoms with van der Waals surface area (Å²) in [4.78, 5) is 0. The van der Waals surface area contributed by atoms with E-state index in [2.05, 4.69) is 4.18 Å². The number of hydrogen-bond donors (Lipinski definition) is 14. The van der Waals surface area contributed by atoms with Gasteiger partial charge in [-0.3, -0.25) is 4.55 Å². The summed E-state index contributed by atoms with van der Waals surface area (Å²) in [7, 11) is -5.27. The van der Waals surface area contributed by atoms with Gasteiger partial charge in [0, 0.05) is 0 Å². The zero-order chi connectivity index (χ0) is 36.5. The van der Waals surface area contributed by atoms with E-state index in [1.165, 1.54) is 0 Å². The van der Waals surface area contributed by atoms with Crippen molar-refractivity contribution in [3.05, 3.63) is 0 Å².